The lowest BCUT2D eigenvalue weighted by Gasteiger charge is -2.26. The smallest absolute Gasteiger partial charge is 0.271 e. The number of carbonyl (C=O) groups is 2. The van der Waals surface area contributed by atoms with Crippen LogP contribution >= 0.6 is 11.6 Å². The summed E-state index contributed by atoms with van der Waals surface area (Å²) in [4.78, 5) is 27.0. The highest BCUT2D eigenvalue weighted by atomic mass is 35.5. The molecular weight excluding hydrogens is 524 g/mol. The summed E-state index contributed by atoms with van der Waals surface area (Å²) >= 11 is 5.97. The monoisotopic (exact) mass is 548 g/mol. The quantitative estimate of drug-likeness (QED) is 0.197. The number of hydrogen-bond donors (Lipinski definition) is 0. The summed E-state index contributed by atoms with van der Waals surface area (Å²) in [5.41, 5.74) is 4.58. The third-order valence-electron chi connectivity index (χ3n) is 6.65. The van der Waals surface area contributed by atoms with Crippen molar-refractivity contribution in [3.05, 3.63) is 118 Å². The molecule has 3 aromatic carbocycles. The summed E-state index contributed by atoms with van der Waals surface area (Å²) < 4.78 is 7.68. The van der Waals surface area contributed by atoms with Crippen LogP contribution in [0.25, 0.3) is 23.0 Å². The van der Waals surface area contributed by atoms with Crippen LogP contribution in [0.4, 0.5) is 0 Å². The maximum absolute atomic E-state index is 13.3. The Hall–Kier alpha value is -4.93. The van der Waals surface area contributed by atoms with E-state index in [9.17, 15) is 14.9 Å². The molecule has 2 amide bonds. The minimum atomic E-state index is -0.570. The lowest BCUT2D eigenvalue weighted by Crippen LogP contribution is -2.42. The number of halogens is 1. The Kier molecular flexibility index (Phi) is 7.63. The van der Waals surface area contributed by atoms with Crippen LogP contribution in [0.5, 0.6) is 5.75 Å². The zero-order valence-corrected chi connectivity index (χ0v) is 22.7. The zero-order chi connectivity index (χ0) is 28.2. The van der Waals surface area contributed by atoms with Gasteiger partial charge in [0.05, 0.1) is 11.4 Å². The van der Waals surface area contributed by atoms with Gasteiger partial charge in [-0.1, -0.05) is 41.9 Å². The summed E-state index contributed by atoms with van der Waals surface area (Å²) in [6.07, 6.45) is 3.54. The van der Waals surface area contributed by atoms with Gasteiger partial charge < -0.3 is 4.74 Å². The molecule has 0 fully saturated rings. The van der Waals surface area contributed by atoms with Gasteiger partial charge >= 0.3 is 0 Å². The number of nitrogens with zero attached hydrogens (tertiary/aromatic N) is 4. The fourth-order valence-electron chi connectivity index (χ4n) is 4.46. The number of carbonyl (C=O) groups excluding carboxylic acids is 2. The number of hydrogen-bond acceptors (Lipinski definition) is 5. The molecule has 8 heteroatoms. The van der Waals surface area contributed by atoms with E-state index in [0.29, 0.717) is 34.2 Å². The first-order chi connectivity index (χ1) is 19.4. The molecule has 2 heterocycles. The van der Waals surface area contributed by atoms with Crippen molar-refractivity contribution in [2.45, 2.75) is 20.5 Å². The normalized spacial score (nSPS) is 14.6. The molecule has 4 aromatic rings. The van der Waals surface area contributed by atoms with E-state index in [2.05, 4.69) is 0 Å². The Labute approximate surface area is 237 Å². The predicted octanol–water partition coefficient (Wildman–Crippen LogP) is 6.38. The van der Waals surface area contributed by atoms with Crippen molar-refractivity contribution < 1.29 is 14.3 Å². The SMILES string of the molecule is CCN1C(=O)C(C#N)=C(C)/C(=C/c2cn(-c3ccccc3)nc2-c2ccc(OCc3ccc(Cl)cc3)cc2)C1=O. The van der Waals surface area contributed by atoms with Crippen molar-refractivity contribution in [3.63, 3.8) is 0 Å². The molecule has 0 unspecified atom stereocenters. The Morgan fingerprint density at radius 2 is 1.68 bits per heavy atom. The highest BCUT2D eigenvalue weighted by Gasteiger charge is 2.34. The second-order valence-electron chi connectivity index (χ2n) is 9.18. The Morgan fingerprint density at radius 1 is 0.975 bits per heavy atom. The molecule has 1 aliphatic rings. The molecule has 0 atom stereocenters. The van der Waals surface area contributed by atoms with E-state index in [0.717, 1.165) is 21.7 Å². The number of ether oxygens (including phenoxy) is 1. The van der Waals surface area contributed by atoms with Crippen molar-refractivity contribution in [2.75, 3.05) is 6.54 Å². The van der Waals surface area contributed by atoms with Crippen molar-refractivity contribution >= 4 is 29.5 Å². The number of benzene rings is 3. The van der Waals surface area contributed by atoms with Gasteiger partial charge in [0.25, 0.3) is 11.8 Å². The average molecular weight is 549 g/mol. The molecule has 198 valence electrons. The van der Waals surface area contributed by atoms with Gasteiger partial charge in [-0.3, -0.25) is 14.5 Å². The van der Waals surface area contributed by atoms with Gasteiger partial charge in [-0.05, 0) is 79.6 Å². The fraction of sp³-hybridized carbons (Fsp3) is 0.125. The van der Waals surface area contributed by atoms with E-state index in [1.807, 2.05) is 91.1 Å². The minimum Gasteiger partial charge on any atom is -0.489 e. The molecule has 0 saturated carbocycles. The van der Waals surface area contributed by atoms with Gasteiger partial charge in [0, 0.05) is 34.5 Å². The zero-order valence-electron chi connectivity index (χ0n) is 22.0. The van der Waals surface area contributed by atoms with Gasteiger partial charge in [-0.15, -0.1) is 0 Å². The topological polar surface area (TPSA) is 88.2 Å². The molecule has 0 saturated heterocycles. The first-order valence-corrected chi connectivity index (χ1v) is 13.1. The fourth-order valence-corrected chi connectivity index (χ4v) is 4.58. The van der Waals surface area contributed by atoms with Crippen LogP contribution < -0.4 is 4.74 Å². The molecule has 0 bridgehead atoms. The summed E-state index contributed by atoms with van der Waals surface area (Å²) in [5, 5.41) is 15.1. The number of imide groups is 1. The molecule has 0 spiro atoms. The van der Waals surface area contributed by atoms with Crippen LogP contribution in [-0.4, -0.2) is 33.0 Å². The minimum absolute atomic E-state index is 0.0353. The number of rotatable bonds is 7. The standard InChI is InChI=1S/C32H25ClN4O3/c1-3-36-31(38)28(21(2)29(18-34)32(36)39)17-24-19-37(26-7-5-4-6-8-26)35-30(24)23-11-15-27(16-12-23)40-20-22-9-13-25(33)14-10-22/h4-17,19H,3,20H2,1-2H3/b28-17-. The molecule has 5 rings (SSSR count). The van der Waals surface area contributed by atoms with Crippen molar-refractivity contribution in [2.24, 2.45) is 0 Å². The number of aromatic nitrogens is 2. The second-order valence-corrected chi connectivity index (χ2v) is 9.61. The van der Waals surface area contributed by atoms with Crippen LogP contribution in [0.3, 0.4) is 0 Å². The van der Waals surface area contributed by atoms with Crippen LogP contribution in [-0.2, 0) is 16.2 Å². The maximum atomic E-state index is 13.3. The van der Waals surface area contributed by atoms with E-state index < -0.39 is 11.8 Å². The van der Waals surface area contributed by atoms with Gasteiger partial charge in [0.15, 0.2) is 0 Å². The molecule has 0 radical (unpaired) electrons. The van der Waals surface area contributed by atoms with Crippen LogP contribution in [0, 0.1) is 11.3 Å². The summed E-state index contributed by atoms with van der Waals surface area (Å²) in [6.45, 7) is 3.90. The first kappa shape index (κ1) is 26.7. The molecule has 1 aliphatic heterocycles. The average Bonchev–Trinajstić information content (AvgIpc) is 3.40. The van der Waals surface area contributed by atoms with E-state index >= 15 is 0 Å². The van der Waals surface area contributed by atoms with Crippen LogP contribution in [0.1, 0.15) is 25.0 Å². The summed E-state index contributed by atoms with van der Waals surface area (Å²) in [5.74, 6) is -0.314. The van der Waals surface area contributed by atoms with Crippen LogP contribution in [0.2, 0.25) is 5.02 Å². The van der Waals surface area contributed by atoms with E-state index in [4.69, 9.17) is 21.4 Å². The first-order valence-electron chi connectivity index (χ1n) is 12.7. The van der Waals surface area contributed by atoms with Crippen molar-refractivity contribution in [1.82, 2.24) is 14.7 Å². The maximum Gasteiger partial charge on any atom is 0.271 e. The highest BCUT2D eigenvalue weighted by molar-refractivity contribution is 6.30. The predicted molar refractivity (Wildman–Crippen MR) is 153 cm³/mol. The molecule has 1 aromatic heterocycles. The summed E-state index contributed by atoms with van der Waals surface area (Å²) in [7, 11) is 0. The Morgan fingerprint density at radius 3 is 2.33 bits per heavy atom. The Balaban J connectivity index is 1.53. The third-order valence-corrected chi connectivity index (χ3v) is 6.90. The summed E-state index contributed by atoms with van der Waals surface area (Å²) in [6, 6.07) is 26.6. The van der Waals surface area contributed by atoms with E-state index in [1.54, 1.807) is 24.6 Å². The Bertz CT molecular complexity index is 1680. The third kappa shape index (κ3) is 5.31. The number of likely N-dealkylation sites (N-methyl/N-ethyl adjacent to an activating group) is 1. The van der Waals surface area contributed by atoms with Gasteiger partial charge in [0.1, 0.15) is 24.0 Å². The van der Waals surface area contributed by atoms with Crippen molar-refractivity contribution in [3.8, 4) is 28.8 Å². The van der Waals surface area contributed by atoms with Crippen molar-refractivity contribution in [1.29, 1.82) is 5.26 Å². The van der Waals surface area contributed by atoms with E-state index in [1.165, 1.54) is 0 Å². The highest BCUT2D eigenvalue weighted by Crippen LogP contribution is 2.32. The lowest BCUT2D eigenvalue weighted by atomic mass is 9.93. The number of para-hydroxylation sites is 1. The molecule has 40 heavy (non-hydrogen) atoms. The van der Waals surface area contributed by atoms with Gasteiger partial charge in [-0.2, -0.15) is 10.4 Å². The molecule has 0 aliphatic carbocycles. The van der Waals surface area contributed by atoms with E-state index in [-0.39, 0.29) is 17.7 Å². The largest absolute Gasteiger partial charge is 0.489 e. The van der Waals surface area contributed by atoms with Gasteiger partial charge in [-0.25, -0.2) is 4.68 Å². The van der Waals surface area contributed by atoms with Gasteiger partial charge in [0.2, 0.25) is 0 Å². The van der Waals surface area contributed by atoms with Crippen LogP contribution in [0.15, 0.2) is 102 Å². The second kappa shape index (κ2) is 11.4. The number of nitriles is 1. The molecule has 7 nitrogen and oxygen atoms in total. The molecule has 0 N–H and O–H groups in total. The lowest BCUT2D eigenvalue weighted by molar-refractivity contribution is -0.140. The number of amides is 2. The molecular formula is C32H25ClN4O3.